The third-order valence-electron chi connectivity index (χ3n) is 3.27. The molecule has 0 atom stereocenters. The Morgan fingerprint density at radius 1 is 1.36 bits per heavy atom. The van der Waals surface area contributed by atoms with Crippen molar-refractivity contribution in [2.24, 2.45) is 0 Å². The second-order valence-corrected chi connectivity index (χ2v) is 5.17. The monoisotopic (exact) mass is 305 g/mol. The molecule has 2 rings (SSSR count). The van der Waals surface area contributed by atoms with Gasteiger partial charge in [0.25, 0.3) is 0 Å². The summed E-state index contributed by atoms with van der Waals surface area (Å²) in [5.74, 6) is -1.93. The molecule has 6 nitrogen and oxygen atoms in total. The number of carboxylic acids is 1. The first-order valence-corrected chi connectivity index (χ1v) is 6.56. The molecular formula is C15H16FN3O3. The predicted molar refractivity (Wildman–Crippen MR) is 78.0 cm³/mol. The maximum atomic E-state index is 13.6. The summed E-state index contributed by atoms with van der Waals surface area (Å²) in [7, 11) is 3.28. The zero-order valence-corrected chi connectivity index (χ0v) is 12.5. The van der Waals surface area contributed by atoms with E-state index >= 15 is 0 Å². The Morgan fingerprint density at radius 2 is 2.05 bits per heavy atom. The molecule has 0 aliphatic rings. The van der Waals surface area contributed by atoms with Crippen LogP contribution in [0.1, 0.15) is 15.9 Å². The second kappa shape index (κ2) is 5.97. The van der Waals surface area contributed by atoms with Gasteiger partial charge in [-0.2, -0.15) is 5.10 Å². The molecule has 1 amide bonds. The Hall–Kier alpha value is -2.70. The molecule has 116 valence electrons. The van der Waals surface area contributed by atoms with Gasteiger partial charge in [-0.3, -0.25) is 9.48 Å². The van der Waals surface area contributed by atoms with Crippen LogP contribution in [0.25, 0.3) is 11.1 Å². The summed E-state index contributed by atoms with van der Waals surface area (Å²) in [6.07, 6.45) is 3.03. The van der Waals surface area contributed by atoms with Crippen molar-refractivity contribution in [3.63, 3.8) is 0 Å². The molecule has 1 heterocycles. The lowest BCUT2D eigenvalue weighted by atomic mass is 9.99. The van der Waals surface area contributed by atoms with Crippen LogP contribution in [0.2, 0.25) is 0 Å². The minimum absolute atomic E-state index is 0.0512. The molecule has 0 unspecified atom stereocenters. The van der Waals surface area contributed by atoms with Gasteiger partial charge in [0.15, 0.2) is 0 Å². The standard InChI is InChI=1S/C15H16FN3O3/c1-9-4-11(12(15(21)22)5-13(9)16)10-6-17-19(7-10)8-14(20)18(2)3/h4-7H,8H2,1-3H3,(H,21,22). The summed E-state index contributed by atoms with van der Waals surface area (Å²) in [5, 5.41) is 13.3. The number of amides is 1. The first-order valence-electron chi connectivity index (χ1n) is 6.56. The van der Waals surface area contributed by atoms with Gasteiger partial charge in [-0.1, -0.05) is 0 Å². The summed E-state index contributed by atoms with van der Waals surface area (Å²) >= 11 is 0. The highest BCUT2D eigenvalue weighted by Crippen LogP contribution is 2.26. The van der Waals surface area contributed by atoms with E-state index in [4.69, 9.17) is 0 Å². The highest BCUT2D eigenvalue weighted by Gasteiger charge is 2.17. The zero-order chi connectivity index (χ0) is 16.4. The normalized spacial score (nSPS) is 10.5. The van der Waals surface area contributed by atoms with Crippen LogP contribution in [-0.4, -0.2) is 45.8 Å². The van der Waals surface area contributed by atoms with Gasteiger partial charge in [0.05, 0.1) is 11.8 Å². The molecule has 0 spiro atoms. The molecule has 0 bridgehead atoms. The van der Waals surface area contributed by atoms with Crippen molar-refractivity contribution in [1.29, 1.82) is 0 Å². The fourth-order valence-electron chi connectivity index (χ4n) is 1.97. The van der Waals surface area contributed by atoms with E-state index in [1.807, 2.05) is 0 Å². The minimum Gasteiger partial charge on any atom is -0.478 e. The van der Waals surface area contributed by atoms with E-state index in [2.05, 4.69) is 5.10 Å². The number of carbonyl (C=O) groups is 2. The Morgan fingerprint density at radius 3 is 2.64 bits per heavy atom. The Balaban J connectivity index is 2.41. The molecule has 0 radical (unpaired) electrons. The number of rotatable bonds is 4. The number of carboxylic acid groups (broad SMARTS) is 1. The molecular weight excluding hydrogens is 289 g/mol. The van der Waals surface area contributed by atoms with E-state index < -0.39 is 11.8 Å². The van der Waals surface area contributed by atoms with E-state index in [1.54, 1.807) is 27.2 Å². The predicted octanol–water partition coefficient (Wildman–Crippen LogP) is 1.78. The Kier molecular flexibility index (Phi) is 4.25. The molecule has 1 aromatic heterocycles. The lowest BCUT2D eigenvalue weighted by molar-refractivity contribution is -0.129. The number of halogens is 1. The van der Waals surface area contributed by atoms with E-state index in [1.165, 1.54) is 21.8 Å². The van der Waals surface area contributed by atoms with Crippen molar-refractivity contribution < 1.29 is 19.1 Å². The topological polar surface area (TPSA) is 75.4 Å². The van der Waals surface area contributed by atoms with Crippen LogP contribution in [0.5, 0.6) is 0 Å². The van der Waals surface area contributed by atoms with E-state index in [0.29, 0.717) is 16.7 Å². The molecule has 0 aliphatic heterocycles. The van der Waals surface area contributed by atoms with Gasteiger partial charge < -0.3 is 10.0 Å². The number of nitrogens with zero attached hydrogens (tertiary/aromatic N) is 3. The van der Waals surface area contributed by atoms with Crippen LogP contribution in [0.3, 0.4) is 0 Å². The Bertz CT molecular complexity index is 738. The first-order chi connectivity index (χ1) is 10.3. The van der Waals surface area contributed by atoms with E-state index in [-0.39, 0.29) is 18.0 Å². The highest BCUT2D eigenvalue weighted by atomic mass is 19.1. The lowest BCUT2D eigenvalue weighted by Gasteiger charge is -2.09. The number of aromatic nitrogens is 2. The minimum atomic E-state index is -1.22. The fraction of sp³-hybridized carbons (Fsp3) is 0.267. The van der Waals surface area contributed by atoms with Crippen LogP contribution in [0.4, 0.5) is 4.39 Å². The molecule has 0 saturated heterocycles. The lowest BCUT2D eigenvalue weighted by Crippen LogP contribution is -2.26. The van der Waals surface area contributed by atoms with E-state index in [0.717, 1.165) is 6.07 Å². The van der Waals surface area contributed by atoms with Gasteiger partial charge in [-0.05, 0) is 30.2 Å². The average Bonchev–Trinajstić information content (AvgIpc) is 2.89. The van der Waals surface area contributed by atoms with Crippen LogP contribution in [-0.2, 0) is 11.3 Å². The average molecular weight is 305 g/mol. The summed E-state index contributed by atoms with van der Waals surface area (Å²) in [4.78, 5) is 24.4. The molecule has 1 aromatic carbocycles. The van der Waals surface area contributed by atoms with Gasteiger partial charge in [0.2, 0.25) is 5.91 Å². The van der Waals surface area contributed by atoms with Gasteiger partial charge in [0.1, 0.15) is 12.4 Å². The summed E-state index contributed by atoms with van der Waals surface area (Å²) < 4.78 is 15.0. The van der Waals surface area contributed by atoms with Crippen LogP contribution < -0.4 is 0 Å². The summed E-state index contributed by atoms with van der Waals surface area (Å²) in [6, 6.07) is 2.46. The van der Waals surface area contributed by atoms with Crippen molar-refractivity contribution in [2.45, 2.75) is 13.5 Å². The second-order valence-electron chi connectivity index (χ2n) is 5.17. The molecule has 1 N–H and O–H groups in total. The number of benzene rings is 1. The SMILES string of the molecule is Cc1cc(-c2cnn(CC(=O)N(C)C)c2)c(C(=O)O)cc1F. The van der Waals surface area contributed by atoms with Crippen LogP contribution >= 0.6 is 0 Å². The quantitative estimate of drug-likeness (QED) is 0.934. The molecule has 22 heavy (non-hydrogen) atoms. The van der Waals surface area contributed by atoms with Gasteiger partial charge in [-0.25, -0.2) is 9.18 Å². The number of aryl methyl sites for hydroxylation is 1. The molecule has 0 saturated carbocycles. The molecule has 2 aromatic rings. The van der Waals surface area contributed by atoms with Crippen molar-refractivity contribution in [3.8, 4) is 11.1 Å². The zero-order valence-electron chi connectivity index (χ0n) is 12.5. The maximum Gasteiger partial charge on any atom is 0.336 e. The van der Waals surface area contributed by atoms with Crippen LogP contribution in [0, 0.1) is 12.7 Å². The molecule has 0 aliphatic carbocycles. The number of aromatic carboxylic acids is 1. The molecule has 7 heteroatoms. The van der Waals surface area contributed by atoms with Crippen molar-refractivity contribution in [2.75, 3.05) is 14.1 Å². The van der Waals surface area contributed by atoms with Crippen molar-refractivity contribution in [1.82, 2.24) is 14.7 Å². The third kappa shape index (κ3) is 3.13. The first kappa shape index (κ1) is 15.7. The highest BCUT2D eigenvalue weighted by molar-refractivity contribution is 5.96. The fourth-order valence-corrected chi connectivity index (χ4v) is 1.97. The number of hydrogen-bond acceptors (Lipinski definition) is 3. The Labute approximate surface area is 126 Å². The number of hydrogen-bond donors (Lipinski definition) is 1. The van der Waals surface area contributed by atoms with Gasteiger partial charge in [-0.15, -0.1) is 0 Å². The largest absolute Gasteiger partial charge is 0.478 e. The van der Waals surface area contributed by atoms with Crippen LogP contribution in [0.15, 0.2) is 24.5 Å². The number of carbonyl (C=O) groups excluding carboxylic acids is 1. The number of likely N-dealkylation sites (N-methyl/N-ethyl adjacent to an activating group) is 1. The third-order valence-corrected chi connectivity index (χ3v) is 3.27. The van der Waals surface area contributed by atoms with Crippen molar-refractivity contribution in [3.05, 3.63) is 41.5 Å². The molecule has 0 fully saturated rings. The van der Waals surface area contributed by atoms with Gasteiger partial charge >= 0.3 is 5.97 Å². The maximum absolute atomic E-state index is 13.6. The smallest absolute Gasteiger partial charge is 0.336 e. The van der Waals surface area contributed by atoms with E-state index in [9.17, 15) is 19.1 Å². The summed E-state index contributed by atoms with van der Waals surface area (Å²) in [6.45, 7) is 1.61. The summed E-state index contributed by atoms with van der Waals surface area (Å²) in [5.41, 5.74) is 1.10. The van der Waals surface area contributed by atoms with Crippen molar-refractivity contribution >= 4 is 11.9 Å². The van der Waals surface area contributed by atoms with Gasteiger partial charge in [0, 0.05) is 25.9 Å².